The number of hydrogen-bond donors (Lipinski definition) is 2. The molecule has 2 N–H and O–H groups in total. The van der Waals surface area contributed by atoms with Crippen LogP contribution in [0.25, 0.3) is 0 Å². The number of hydrogen-bond acceptors (Lipinski definition) is 4. The number of carbonyl (C=O) groups excluding carboxylic acids is 1. The number of nitrogens with zero attached hydrogens (tertiary/aromatic N) is 1. The second-order valence-electron chi connectivity index (χ2n) is 5.47. The van der Waals surface area contributed by atoms with Gasteiger partial charge in [0.25, 0.3) is 0 Å². The van der Waals surface area contributed by atoms with Gasteiger partial charge in [0.2, 0.25) is 0 Å². The number of carboxylic acid groups (broad SMARTS) is 1. The molecule has 1 aliphatic heterocycles. The van der Waals surface area contributed by atoms with Crippen LogP contribution < -0.4 is 5.32 Å². The van der Waals surface area contributed by atoms with Crippen molar-refractivity contribution in [1.29, 1.82) is 0 Å². The van der Waals surface area contributed by atoms with Crippen molar-refractivity contribution >= 4 is 27.5 Å². The number of aliphatic carboxylic acids is 1. The van der Waals surface area contributed by atoms with Crippen LogP contribution in [0.2, 0.25) is 0 Å². The molecular formula is C14H17FN2O5S. The number of rotatable bonds is 3. The van der Waals surface area contributed by atoms with Crippen LogP contribution in [0.4, 0.5) is 14.9 Å². The Kier molecular flexibility index (Phi) is 4.88. The van der Waals surface area contributed by atoms with E-state index in [2.05, 4.69) is 5.32 Å². The first-order chi connectivity index (χ1) is 10.7. The van der Waals surface area contributed by atoms with Gasteiger partial charge in [-0.15, -0.1) is 0 Å². The molecule has 23 heavy (non-hydrogen) atoms. The maximum atomic E-state index is 13.5. The van der Waals surface area contributed by atoms with Gasteiger partial charge in [-0.3, -0.25) is 4.79 Å². The minimum Gasteiger partial charge on any atom is -0.481 e. The molecule has 126 valence electrons. The van der Waals surface area contributed by atoms with Gasteiger partial charge in [0.15, 0.2) is 9.84 Å². The molecule has 1 aliphatic rings. The van der Waals surface area contributed by atoms with E-state index in [1.54, 1.807) is 0 Å². The lowest BCUT2D eigenvalue weighted by atomic mass is 9.99. The van der Waals surface area contributed by atoms with Crippen LogP contribution in [0.15, 0.2) is 23.1 Å². The molecule has 1 atom stereocenters. The van der Waals surface area contributed by atoms with Crippen LogP contribution in [0, 0.1) is 11.7 Å². The van der Waals surface area contributed by atoms with Crippen molar-refractivity contribution < 1.29 is 27.5 Å². The molecule has 0 spiro atoms. The molecule has 1 aromatic rings. The van der Waals surface area contributed by atoms with Gasteiger partial charge in [0.1, 0.15) is 10.7 Å². The Hall–Kier alpha value is -2.16. The fraction of sp³-hybridized carbons (Fsp3) is 0.429. The fourth-order valence-corrected chi connectivity index (χ4v) is 3.19. The Morgan fingerprint density at radius 3 is 2.70 bits per heavy atom. The predicted octanol–water partition coefficient (Wildman–Crippen LogP) is 1.56. The van der Waals surface area contributed by atoms with Crippen LogP contribution in [0.5, 0.6) is 0 Å². The van der Waals surface area contributed by atoms with E-state index in [9.17, 15) is 22.4 Å². The summed E-state index contributed by atoms with van der Waals surface area (Å²) in [5.41, 5.74) is 0.134. The summed E-state index contributed by atoms with van der Waals surface area (Å²) in [5, 5.41) is 11.5. The van der Waals surface area contributed by atoms with Crippen LogP contribution in [-0.2, 0) is 14.6 Å². The summed E-state index contributed by atoms with van der Waals surface area (Å²) in [5.74, 6) is -2.47. The van der Waals surface area contributed by atoms with Gasteiger partial charge in [0, 0.05) is 25.0 Å². The molecular weight excluding hydrogens is 327 g/mol. The standard InChI is InChI=1S/C14H17FN2O5S/c1-23(21,22)12-7-10(4-5-11(12)15)16-14(20)17-6-2-3-9(8-17)13(18)19/h4-5,7,9H,2-3,6,8H2,1H3,(H,16,20)(H,18,19). The Labute approximate surface area is 133 Å². The molecule has 2 amide bonds. The summed E-state index contributed by atoms with van der Waals surface area (Å²) in [6.45, 7) is 0.497. The Bertz CT molecular complexity index is 735. The Morgan fingerprint density at radius 1 is 1.39 bits per heavy atom. The third-order valence-electron chi connectivity index (χ3n) is 3.64. The number of sulfone groups is 1. The zero-order valence-electron chi connectivity index (χ0n) is 12.5. The van der Waals surface area contributed by atoms with Gasteiger partial charge in [0.05, 0.1) is 5.92 Å². The summed E-state index contributed by atoms with van der Waals surface area (Å²) in [6, 6.07) is 2.71. The molecule has 1 unspecified atom stereocenters. The molecule has 1 aromatic carbocycles. The summed E-state index contributed by atoms with van der Waals surface area (Å²) < 4.78 is 36.5. The topological polar surface area (TPSA) is 104 Å². The van der Waals surface area contributed by atoms with Gasteiger partial charge in [-0.2, -0.15) is 0 Å². The molecule has 0 radical (unpaired) electrons. The zero-order chi connectivity index (χ0) is 17.2. The van der Waals surface area contributed by atoms with Crippen LogP contribution in [-0.4, -0.2) is 49.8 Å². The molecule has 1 saturated heterocycles. The SMILES string of the molecule is CS(=O)(=O)c1cc(NC(=O)N2CCCC(C(=O)O)C2)ccc1F. The van der Waals surface area contributed by atoms with Gasteiger partial charge in [-0.25, -0.2) is 17.6 Å². The largest absolute Gasteiger partial charge is 0.481 e. The monoisotopic (exact) mass is 344 g/mol. The van der Waals surface area contributed by atoms with Crippen molar-refractivity contribution in [2.75, 3.05) is 24.7 Å². The van der Waals surface area contributed by atoms with E-state index >= 15 is 0 Å². The van der Waals surface area contributed by atoms with Crippen molar-refractivity contribution in [3.8, 4) is 0 Å². The number of likely N-dealkylation sites (tertiary alicyclic amines) is 1. The smallest absolute Gasteiger partial charge is 0.321 e. The van der Waals surface area contributed by atoms with Gasteiger partial charge in [-0.05, 0) is 31.0 Å². The minimum absolute atomic E-state index is 0.0846. The summed E-state index contributed by atoms with van der Waals surface area (Å²) >= 11 is 0. The second kappa shape index (κ2) is 6.53. The van der Waals surface area contributed by atoms with E-state index in [0.29, 0.717) is 19.4 Å². The maximum Gasteiger partial charge on any atom is 0.321 e. The molecule has 1 fully saturated rings. The molecule has 9 heteroatoms. The van der Waals surface area contributed by atoms with Crippen LogP contribution in [0.1, 0.15) is 12.8 Å². The first-order valence-electron chi connectivity index (χ1n) is 6.97. The lowest BCUT2D eigenvalue weighted by molar-refractivity contribution is -0.143. The fourth-order valence-electron chi connectivity index (χ4n) is 2.43. The van der Waals surface area contributed by atoms with E-state index in [1.165, 1.54) is 11.0 Å². The summed E-state index contributed by atoms with van der Waals surface area (Å²) in [6.07, 6.45) is 1.95. The number of nitrogens with one attached hydrogen (secondary N) is 1. The molecule has 0 saturated carbocycles. The highest BCUT2D eigenvalue weighted by molar-refractivity contribution is 7.90. The average molecular weight is 344 g/mol. The lowest BCUT2D eigenvalue weighted by Gasteiger charge is -2.30. The third-order valence-corrected chi connectivity index (χ3v) is 4.75. The van der Waals surface area contributed by atoms with E-state index in [-0.39, 0.29) is 12.2 Å². The first kappa shape index (κ1) is 17.2. The quantitative estimate of drug-likeness (QED) is 0.866. The predicted molar refractivity (Wildman–Crippen MR) is 80.5 cm³/mol. The highest BCUT2D eigenvalue weighted by Crippen LogP contribution is 2.21. The first-order valence-corrected chi connectivity index (χ1v) is 8.86. The minimum atomic E-state index is -3.75. The molecule has 1 heterocycles. The summed E-state index contributed by atoms with van der Waals surface area (Å²) in [7, 11) is -3.75. The highest BCUT2D eigenvalue weighted by Gasteiger charge is 2.28. The van der Waals surface area contributed by atoms with Crippen molar-refractivity contribution in [1.82, 2.24) is 4.90 Å². The van der Waals surface area contributed by atoms with E-state index in [0.717, 1.165) is 18.4 Å². The van der Waals surface area contributed by atoms with E-state index in [1.807, 2.05) is 0 Å². The van der Waals surface area contributed by atoms with Crippen molar-refractivity contribution in [3.63, 3.8) is 0 Å². The number of urea groups is 1. The number of amides is 2. The van der Waals surface area contributed by atoms with Crippen molar-refractivity contribution in [2.45, 2.75) is 17.7 Å². The number of anilines is 1. The van der Waals surface area contributed by atoms with E-state index in [4.69, 9.17) is 5.11 Å². The van der Waals surface area contributed by atoms with Crippen molar-refractivity contribution in [3.05, 3.63) is 24.0 Å². The van der Waals surface area contributed by atoms with Gasteiger partial charge >= 0.3 is 12.0 Å². The molecule has 0 aliphatic carbocycles. The zero-order valence-corrected chi connectivity index (χ0v) is 13.3. The molecule has 0 bridgehead atoms. The van der Waals surface area contributed by atoms with Gasteiger partial charge in [-0.1, -0.05) is 0 Å². The number of benzene rings is 1. The molecule has 2 rings (SSSR count). The molecule has 0 aromatic heterocycles. The molecule has 7 nitrogen and oxygen atoms in total. The number of piperidine rings is 1. The number of carboxylic acids is 1. The highest BCUT2D eigenvalue weighted by atomic mass is 32.2. The Balaban J connectivity index is 2.13. The second-order valence-corrected chi connectivity index (χ2v) is 7.46. The number of carbonyl (C=O) groups is 2. The van der Waals surface area contributed by atoms with Crippen LogP contribution in [0.3, 0.4) is 0 Å². The third kappa shape index (κ3) is 4.19. The Morgan fingerprint density at radius 2 is 2.09 bits per heavy atom. The van der Waals surface area contributed by atoms with Crippen LogP contribution >= 0.6 is 0 Å². The average Bonchev–Trinajstić information content (AvgIpc) is 2.48. The van der Waals surface area contributed by atoms with Crippen molar-refractivity contribution in [2.24, 2.45) is 5.92 Å². The lowest BCUT2D eigenvalue weighted by Crippen LogP contribution is -2.44. The summed E-state index contributed by atoms with van der Waals surface area (Å²) in [4.78, 5) is 24.0. The van der Waals surface area contributed by atoms with E-state index < -0.39 is 38.5 Å². The maximum absolute atomic E-state index is 13.5. The number of halogens is 1. The van der Waals surface area contributed by atoms with Gasteiger partial charge < -0.3 is 15.3 Å². The normalized spacial score (nSPS) is 18.5.